The number of piperidine rings is 1. The van der Waals surface area contributed by atoms with Crippen LogP contribution < -0.4 is 0 Å². The van der Waals surface area contributed by atoms with Gasteiger partial charge in [0.1, 0.15) is 11.8 Å². The molecule has 0 N–H and O–H groups in total. The van der Waals surface area contributed by atoms with Crippen LogP contribution in [0, 0.1) is 5.92 Å². The second kappa shape index (κ2) is 8.39. The zero-order valence-corrected chi connectivity index (χ0v) is 19.3. The van der Waals surface area contributed by atoms with Crippen LogP contribution in [0.2, 0.25) is 0 Å². The molecular weight excluding hydrogens is 455 g/mol. The number of aromatic nitrogens is 1. The van der Waals surface area contributed by atoms with Crippen molar-refractivity contribution in [1.82, 2.24) is 14.2 Å². The van der Waals surface area contributed by atoms with Crippen LogP contribution in [0.15, 0.2) is 28.8 Å². The van der Waals surface area contributed by atoms with E-state index in [0.29, 0.717) is 63.9 Å². The highest BCUT2D eigenvalue weighted by Gasteiger charge is 2.52. The molecule has 1 saturated heterocycles. The van der Waals surface area contributed by atoms with E-state index < -0.39 is 22.2 Å². The molecule has 2 fully saturated rings. The van der Waals surface area contributed by atoms with Crippen LogP contribution >= 0.6 is 0 Å². The van der Waals surface area contributed by atoms with Crippen molar-refractivity contribution < 1.29 is 26.0 Å². The first-order valence-corrected chi connectivity index (χ1v) is 13.3. The number of halogens is 3. The van der Waals surface area contributed by atoms with Gasteiger partial charge in [0.25, 0.3) is 0 Å². The number of fused-ring (bicyclic) bond motifs is 1. The molecule has 0 amide bonds. The molecule has 1 saturated carbocycles. The second-order valence-electron chi connectivity index (χ2n) is 9.49. The summed E-state index contributed by atoms with van der Waals surface area (Å²) in [5.74, 6) is 0.665. The van der Waals surface area contributed by atoms with Crippen LogP contribution in [0.4, 0.5) is 13.2 Å². The topological polar surface area (TPSA) is 66.7 Å². The Morgan fingerprint density at radius 1 is 1.12 bits per heavy atom. The molecule has 2 aromatic rings. The zero-order valence-electron chi connectivity index (χ0n) is 18.5. The fraction of sp³-hybridized carbons (Fsp3) is 0.609. The smallest absolute Gasteiger partial charge is 0.404 e. The van der Waals surface area contributed by atoms with Crippen molar-refractivity contribution in [2.75, 3.05) is 32.4 Å². The van der Waals surface area contributed by atoms with Gasteiger partial charge in [-0.15, -0.1) is 0 Å². The van der Waals surface area contributed by atoms with Crippen LogP contribution in [0.25, 0.3) is 16.5 Å². The molecule has 1 atom stereocenters. The van der Waals surface area contributed by atoms with Crippen LogP contribution in [0.5, 0.6) is 0 Å². The third-order valence-corrected chi connectivity index (χ3v) is 8.39. The maximum Gasteiger partial charge on any atom is 0.404 e. The molecule has 33 heavy (non-hydrogen) atoms. The second-order valence-corrected chi connectivity index (χ2v) is 11.5. The van der Waals surface area contributed by atoms with Crippen LogP contribution in [-0.2, 0) is 10.0 Å². The summed E-state index contributed by atoms with van der Waals surface area (Å²) in [6, 6.07) is 2.63. The Hall–Kier alpha value is -1.91. The molecule has 0 aromatic carbocycles. The van der Waals surface area contributed by atoms with Crippen LogP contribution in [0.1, 0.15) is 49.5 Å². The lowest BCUT2D eigenvalue weighted by atomic mass is 9.92. The van der Waals surface area contributed by atoms with E-state index in [0.717, 1.165) is 22.4 Å². The van der Waals surface area contributed by atoms with Crippen molar-refractivity contribution in [3.8, 4) is 0 Å². The Morgan fingerprint density at radius 3 is 2.42 bits per heavy atom. The fourth-order valence-corrected chi connectivity index (χ4v) is 5.94. The number of furan rings is 1. The Labute approximate surface area is 191 Å². The summed E-state index contributed by atoms with van der Waals surface area (Å²) in [5.41, 5.74) is 2.47. The Kier molecular flexibility index (Phi) is 5.81. The van der Waals surface area contributed by atoms with Crippen molar-refractivity contribution in [2.24, 2.45) is 5.92 Å². The van der Waals surface area contributed by atoms with Gasteiger partial charge in [0.15, 0.2) is 5.58 Å². The molecule has 5 rings (SSSR count). The van der Waals surface area contributed by atoms with Gasteiger partial charge in [-0.2, -0.15) is 17.5 Å². The lowest BCUT2D eigenvalue weighted by molar-refractivity contribution is -0.192. The van der Waals surface area contributed by atoms with Gasteiger partial charge in [-0.25, -0.2) is 8.42 Å². The third kappa shape index (κ3) is 4.83. The molecule has 2 aromatic heterocycles. The van der Waals surface area contributed by atoms with Gasteiger partial charge < -0.3 is 4.42 Å². The van der Waals surface area contributed by atoms with Gasteiger partial charge in [-0.1, -0.05) is 6.08 Å². The fourth-order valence-electron chi connectivity index (χ4n) is 5.17. The number of pyridine rings is 1. The lowest BCUT2D eigenvalue weighted by Crippen LogP contribution is -2.50. The molecular formula is C23H28F3N3O3S. The maximum atomic E-state index is 13.5. The first-order valence-electron chi connectivity index (χ1n) is 11.4. The molecule has 0 radical (unpaired) electrons. The molecule has 0 bridgehead atoms. The quantitative estimate of drug-likeness (QED) is 0.631. The molecule has 4 heterocycles. The molecule has 2 aliphatic heterocycles. The number of nitrogens with zero attached hydrogens (tertiary/aromatic N) is 3. The lowest BCUT2D eigenvalue weighted by Gasteiger charge is -2.38. The largest absolute Gasteiger partial charge is 0.459 e. The van der Waals surface area contributed by atoms with E-state index in [1.807, 2.05) is 18.2 Å². The van der Waals surface area contributed by atoms with Crippen molar-refractivity contribution in [3.05, 3.63) is 35.9 Å². The molecule has 10 heteroatoms. The number of hydrogen-bond donors (Lipinski definition) is 0. The van der Waals surface area contributed by atoms with E-state index in [1.54, 1.807) is 11.1 Å². The Morgan fingerprint density at radius 2 is 1.85 bits per heavy atom. The van der Waals surface area contributed by atoms with E-state index in [2.05, 4.69) is 4.98 Å². The van der Waals surface area contributed by atoms with Gasteiger partial charge in [0.2, 0.25) is 10.0 Å². The molecule has 1 unspecified atom stereocenters. The van der Waals surface area contributed by atoms with E-state index >= 15 is 0 Å². The summed E-state index contributed by atoms with van der Waals surface area (Å²) in [6.07, 6.45) is 3.85. The minimum absolute atomic E-state index is 0.0994. The van der Waals surface area contributed by atoms with E-state index in [4.69, 9.17) is 4.42 Å². The number of rotatable bonds is 5. The summed E-state index contributed by atoms with van der Waals surface area (Å²) in [5, 5.41) is 0.912. The zero-order chi connectivity index (χ0) is 23.4. The molecule has 1 aliphatic carbocycles. The van der Waals surface area contributed by atoms with Crippen molar-refractivity contribution in [2.45, 2.75) is 50.2 Å². The number of alkyl halides is 3. The summed E-state index contributed by atoms with van der Waals surface area (Å²) >= 11 is 0. The van der Waals surface area contributed by atoms with Gasteiger partial charge >= 0.3 is 6.18 Å². The Balaban J connectivity index is 1.28. The van der Waals surface area contributed by atoms with Crippen molar-refractivity contribution >= 4 is 26.6 Å². The highest BCUT2D eigenvalue weighted by molar-refractivity contribution is 7.88. The van der Waals surface area contributed by atoms with Gasteiger partial charge in [-0.3, -0.25) is 9.88 Å². The maximum absolute atomic E-state index is 13.5. The monoisotopic (exact) mass is 483 g/mol. The SMILES string of the molecule is CS(=O)(=O)N1CC=C(c2cc3cc(C4CCN(C(C5CC5)C(F)(F)F)CC4)oc3cn2)CC1. The summed E-state index contributed by atoms with van der Waals surface area (Å²) in [7, 11) is -3.21. The highest BCUT2D eigenvalue weighted by atomic mass is 32.2. The average molecular weight is 484 g/mol. The van der Waals surface area contributed by atoms with Crippen LogP contribution in [0.3, 0.4) is 0 Å². The molecule has 3 aliphatic rings. The summed E-state index contributed by atoms with van der Waals surface area (Å²) in [6.45, 7) is 1.62. The molecule has 0 spiro atoms. The highest BCUT2D eigenvalue weighted by Crippen LogP contribution is 2.45. The van der Waals surface area contributed by atoms with Gasteiger partial charge in [0.05, 0.1) is 18.1 Å². The summed E-state index contributed by atoms with van der Waals surface area (Å²) < 4.78 is 71.4. The molecule has 6 nitrogen and oxygen atoms in total. The minimum Gasteiger partial charge on any atom is -0.459 e. The first-order chi connectivity index (χ1) is 15.6. The van der Waals surface area contributed by atoms with E-state index in [1.165, 1.54) is 10.6 Å². The third-order valence-electron chi connectivity index (χ3n) is 7.12. The van der Waals surface area contributed by atoms with Gasteiger partial charge in [0, 0.05) is 24.4 Å². The van der Waals surface area contributed by atoms with E-state index in [9.17, 15) is 21.6 Å². The van der Waals surface area contributed by atoms with Crippen LogP contribution in [-0.4, -0.2) is 67.3 Å². The average Bonchev–Trinajstić information content (AvgIpc) is 3.49. The summed E-state index contributed by atoms with van der Waals surface area (Å²) in [4.78, 5) is 6.12. The standard InChI is InChI=1S/C23H28F3N3O3S/c1-33(30,31)29-10-6-15(7-11-29)19-12-18-13-20(32-21(18)14-27-19)16-4-8-28(9-5-16)22(17-2-3-17)23(24,25)26/h6,12-14,16-17,22H,2-5,7-11H2,1H3. The normalized spacial score (nSPS) is 23.1. The predicted octanol–water partition coefficient (Wildman–Crippen LogP) is 4.40. The number of sulfonamides is 1. The Bertz CT molecular complexity index is 1160. The van der Waals surface area contributed by atoms with Gasteiger partial charge in [-0.05, 0) is 68.8 Å². The predicted molar refractivity (Wildman–Crippen MR) is 119 cm³/mol. The first kappa shape index (κ1) is 22.9. The number of hydrogen-bond acceptors (Lipinski definition) is 5. The van der Waals surface area contributed by atoms with Crippen molar-refractivity contribution in [3.63, 3.8) is 0 Å². The van der Waals surface area contributed by atoms with E-state index in [-0.39, 0.29) is 11.8 Å². The molecule has 180 valence electrons. The number of likely N-dealkylation sites (tertiary alicyclic amines) is 1. The van der Waals surface area contributed by atoms with Crippen molar-refractivity contribution in [1.29, 1.82) is 0 Å². The minimum atomic E-state index is -4.17.